The fourth-order valence-corrected chi connectivity index (χ4v) is 4.19. The van der Waals surface area contributed by atoms with Crippen LogP contribution in [0.5, 0.6) is 11.5 Å². The molecule has 0 bridgehead atoms. The quantitative estimate of drug-likeness (QED) is 0.737. The second-order valence-electron chi connectivity index (χ2n) is 7.03. The molecule has 1 aliphatic rings. The van der Waals surface area contributed by atoms with E-state index in [-0.39, 0.29) is 11.8 Å². The third-order valence-electron chi connectivity index (χ3n) is 5.25. The number of nitrogens with one attached hydrogen (secondary N) is 1. The van der Waals surface area contributed by atoms with Crippen molar-refractivity contribution in [3.63, 3.8) is 0 Å². The van der Waals surface area contributed by atoms with Gasteiger partial charge in [0.15, 0.2) is 11.5 Å². The second-order valence-corrected chi connectivity index (χ2v) is 8.06. The van der Waals surface area contributed by atoms with Crippen LogP contribution < -0.4 is 14.8 Å². The van der Waals surface area contributed by atoms with Crippen LogP contribution in [0.2, 0.25) is 0 Å². The Morgan fingerprint density at radius 3 is 2.71 bits per heavy atom. The van der Waals surface area contributed by atoms with Gasteiger partial charge in [-0.1, -0.05) is 12.1 Å². The lowest BCUT2D eigenvalue weighted by Gasteiger charge is -2.33. The Balaban J connectivity index is 1.61. The number of hydrogen-bond acceptors (Lipinski definition) is 5. The summed E-state index contributed by atoms with van der Waals surface area (Å²) in [5.41, 5.74) is 0.236. The third kappa shape index (κ3) is 4.14. The molecule has 2 amide bonds. The standard InChI is InChI=1S/C21H26N2O4S/c1-21(10-8-19(24)23(21)14-16-5-4-12-28-16)20(25)22-11-9-15-6-7-17(26-2)18(13-15)27-3/h4-7,12-13H,8-11,14H2,1-3H3,(H,22,25)/t21-/m0/s1. The largest absolute Gasteiger partial charge is 0.493 e. The molecule has 2 aromatic rings. The molecule has 0 unspecified atom stereocenters. The molecule has 1 aromatic heterocycles. The molecule has 7 heteroatoms. The number of hydrogen-bond donors (Lipinski definition) is 1. The highest BCUT2D eigenvalue weighted by atomic mass is 32.1. The second kappa shape index (κ2) is 8.65. The number of ether oxygens (including phenoxy) is 2. The SMILES string of the molecule is COc1ccc(CCNC(=O)[C@]2(C)CCC(=O)N2Cc2cccs2)cc1OC. The molecule has 6 nitrogen and oxygen atoms in total. The van der Waals surface area contributed by atoms with Crippen LogP contribution in [0.25, 0.3) is 0 Å². The summed E-state index contributed by atoms with van der Waals surface area (Å²) in [6.07, 6.45) is 1.62. The minimum atomic E-state index is -0.807. The fourth-order valence-electron chi connectivity index (χ4n) is 3.50. The van der Waals surface area contributed by atoms with Crippen molar-refractivity contribution in [1.29, 1.82) is 0 Å². The number of carbonyl (C=O) groups excluding carboxylic acids is 2. The molecule has 1 fully saturated rings. The highest BCUT2D eigenvalue weighted by molar-refractivity contribution is 7.09. The molecule has 0 saturated carbocycles. The van der Waals surface area contributed by atoms with Gasteiger partial charge in [0, 0.05) is 17.8 Å². The fraction of sp³-hybridized carbons (Fsp3) is 0.429. The van der Waals surface area contributed by atoms with Gasteiger partial charge in [-0.2, -0.15) is 0 Å². The van der Waals surface area contributed by atoms with E-state index < -0.39 is 5.54 Å². The zero-order chi connectivity index (χ0) is 20.1. The maximum atomic E-state index is 12.9. The first-order valence-electron chi connectivity index (χ1n) is 9.30. The average molecular weight is 403 g/mol. The lowest BCUT2D eigenvalue weighted by molar-refractivity contribution is -0.141. The van der Waals surface area contributed by atoms with Gasteiger partial charge in [-0.05, 0) is 48.9 Å². The summed E-state index contributed by atoms with van der Waals surface area (Å²) in [4.78, 5) is 28.1. The molecule has 150 valence electrons. The Kier molecular flexibility index (Phi) is 6.24. The maximum absolute atomic E-state index is 12.9. The Morgan fingerprint density at radius 2 is 2.04 bits per heavy atom. The molecule has 3 rings (SSSR count). The van der Waals surface area contributed by atoms with Gasteiger partial charge in [0.05, 0.1) is 20.8 Å². The Hall–Kier alpha value is -2.54. The minimum absolute atomic E-state index is 0.0333. The highest BCUT2D eigenvalue weighted by Crippen LogP contribution is 2.33. The van der Waals surface area contributed by atoms with E-state index in [4.69, 9.17) is 9.47 Å². The molecule has 1 atom stereocenters. The van der Waals surface area contributed by atoms with Crippen molar-refractivity contribution in [3.8, 4) is 11.5 Å². The van der Waals surface area contributed by atoms with Crippen LogP contribution >= 0.6 is 11.3 Å². The first kappa shape index (κ1) is 20.2. The zero-order valence-electron chi connectivity index (χ0n) is 16.5. The summed E-state index contributed by atoms with van der Waals surface area (Å²) < 4.78 is 10.6. The molecular weight excluding hydrogens is 376 g/mol. The number of likely N-dealkylation sites (tertiary alicyclic amines) is 1. The van der Waals surface area contributed by atoms with Crippen LogP contribution in [0, 0.1) is 0 Å². The molecule has 1 saturated heterocycles. The average Bonchev–Trinajstić information content (AvgIpc) is 3.32. The number of rotatable bonds is 8. The van der Waals surface area contributed by atoms with Crippen LogP contribution in [-0.4, -0.2) is 43.0 Å². The summed E-state index contributed by atoms with van der Waals surface area (Å²) in [7, 11) is 3.20. The Bertz CT molecular complexity index is 837. The van der Waals surface area contributed by atoms with Crippen LogP contribution in [0.1, 0.15) is 30.2 Å². The molecular formula is C21H26N2O4S. The van der Waals surface area contributed by atoms with Crippen molar-refractivity contribution in [3.05, 3.63) is 46.2 Å². The smallest absolute Gasteiger partial charge is 0.245 e. The number of benzene rings is 1. The van der Waals surface area contributed by atoms with E-state index in [1.54, 1.807) is 30.5 Å². The van der Waals surface area contributed by atoms with E-state index in [0.29, 0.717) is 43.9 Å². The van der Waals surface area contributed by atoms with Crippen molar-refractivity contribution >= 4 is 23.2 Å². The van der Waals surface area contributed by atoms with Gasteiger partial charge in [-0.15, -0.1) is 11.3 Å². The molecule has 0 spiro atoms. The van der Waals surface area contributed by atoms with Gasteiger partial charge in [-0.25, -0.2) is 0 Å². The van der Waals surface area contributed by atoms with Gasteiger partial charge < -0.3 is 19.7 Å². The van der Waals surface area contributed by atoms with E-state index in [0.717, 1.165) is 10.4 Å². The Morgan fingerprint density at radius 1 is 1.25 bits per heavy atom. The summed E-state index contributed by atoms with van der Waals surface area (Å²) in [5.74, 6) is 1.28. The predicted octanol–water partition coefficient (Wildman–Crippen LogP) is 3.01. The molecule has 0 radical (unpaired) electrons. The number of amides is 2. The van der Waals surface area contributed by atoms with E-state index in [9.17, 15) is 9.59 Å². The van der Waals surface area contributed by atoms with Crippen molar-refractivity contribution in [2.45, 2.75) is 38.3 Å². The molecule has 0 aliphatic carbocycles. The summed E-state index contributed by atoms with van der Waals surface area (Å²) >= 11 is 1.60. The number of methoxy groups -OCH3 is 2. The van der Waals surface area contributed by atoms with Crippen molar-refractivity contribution in [1.82, 2.24) is 10.2 Å². The zero-order valence-corrected chi connectivity index (χ0v) is 17.3. The summed E-state index contributed by atoms with van der Waals surface area (Å²) in [6, 6.07) is 9.68. The lowest BCUT2D eigenvalue weighted by atomic mass is 9.97. The molecule has 1 N–H and O–H groups in total. The monoisotopic (exact) mass is 402 g/mol. The van der Waals surface area contributed by atoms with Crippen LogP contribution in [-0.2, 0) is 22.6 Å². The van der Waals surface area contributed by atoms with Gasteiger partial charge in [0.1, 0.15) is 5.54 Å². The van der Waals surface area contributed by atoms with Crippen LogP contribution in [0.3, 0.4) is 0 Å². The molecule has 1 aliphatic heterocycles. The first-order valence-corrected chi connectivity index (χ1v) is 10.2. The number of carbonyl (C=O) groups is 2. The number of nitrogens with zero attached hydrogens (tertiary/aromatic N) is 1. The van der Waals surface area contributed by atoms with Gasteiger partial charge >= 0.3 is 0 Å². The third-order valence-corrected chi connectivity index (χ3v) is 6.11. The van der Waals surface area contributed by atoms with E-state index >= 15 is 0 Å². The van der Waals surface area contributed by atoms with Crippen LogP contribution in [0.4, 0.5) is 0 Å². The molecule has 28 heavy (non-hydrogen) atoms. The summed E-state index contributed by atoms with van der Waals surface area (Å²) in [5, 5.41) is 4.99. The lowest BCUT2D eigenvalue weighted by Crippen LogP contribution is -2.54. The topological polar surface area (TPSA) is 67.9 Å². The normalized spacial score (nSPS) is 19.0. The van der Waals surface area contributed by atoms with Crippen molar-refractivity contribution in [2.75, 3.05) is 20.8 Å². The minimum Gasteiger partial charge on any atom is -0.493 e. The van der Waals surface area contributed by atoms with E-state index in [1.165, 1.54) is 0 Å². The van der Waals surface area contributed by atoms with Crippen molar-refractivity contribution < 1.29 is 19.1 Å². The summed E-state index contributed by atoms with van der Waals surface area (Å²) in [6.45, 7) is 2.83. The highest BCUT2D eigenvalue weighted by Gasteiger charge is 2.47. The van der Waals surface area contributed by atoms with Gasteiger partial charge in [0.2, 0.25) is 11.8 Å². The van der Waals surface area contributed by atoms with Gasteiger partial charge in [0.25, 0.3) is 0 Å². The van der Waals surface area contributed by atoms with Crippen molar-refractivity contribution in [2.24, 2.45) is 0 Å². The molecule has 1 aromatic carbocycles. The predicted molar refractivity (Wildman–Crippen MR) is 109 cm³/mol. The first-order chi connectivity index (χ1) is 13.5. The number of thiophene rings is 1. The van der Waals surface area contributed by atoms with Gasteiger partial charge in [-0.3, -0.25) is 9.59 Å². The van der Waals surface area contributed by atoms with Crippen LogP contribution in [0.15, 0.2) is 35.7 Å². The van der Waals surface area contributed by atoms with E-state index in [2.05, 4.69) is 5.32 Å². The maximum Gasteiger partial charge on any atom is 0.245 e. The Labute approximate surface area is 169 Å². The molecule has 2 heterocycles. The van der Waals surface area contributed by atoms with E-state index in [1.807, 2.05) is 42.6 Å².